The van der Waals surface area contributed by atoms with E-state index in [4.69, 9.17) is 11.6 Å². The number of aromatic nitrogens is 2. The van der Waals surface area contributed by atoms with Crippen LogP contribution in [0.25, 0.3) is 10.2 Å². The Bertz CT molecular complexity index is 1010. The van der Waals surface area contributed by atoms with Gasteiger partial charge in [0.2, 0.25) is 5.82 Å². The molecule has 1 aromatic carbocycles. The molecule has 0 N–H and O–H groups in total. The summed E-state index contributed by atoms with van der Waals surface area (Å²) in [6.07, 6.45) is -4.61. The van der Waals surface area contributed by atoms with Gasteiger partial charge in [-0.05, 0) is 35.7 Å². The maximum Gasteiger partial charge on any atom is 0.451 e. The Kier molecular flexibility index (Phi) is 4.88. The number of alkyl halides is 3. The number of carbonyl (C=O) groups excluding carboxylic acids is 1. The molecule has 1 aliphatic rings. The Labute approximate surface area is 167 Å². The minimum atomic E-state index is -4.61. The molecule has 146 valence electrons. The molecule has 0 atom stereocenters. The monoisotopic (exact) mass is 426 g/mol. The number of benzene rings is 1. The van der Waals surface area contributed by atoms with Crippen LogP contribution in [0.4, 0.5) is 19.0 Å². The Hall–Kier alpha value is -2.39. The summed E-state index contributed by atoms with van der Waals surface area (Å²) in [5.74, 6) is -1.00. The summed E-state index contributed by atoms with van der Waals surface area (Å²) in [6, 6.07) is 8.18. The van der Waals surface area contributed by atoms with Gasteiger partial charge in [-0.1, -0.05) is 11.6 Å². The zero-order valence-corrected chi connectivity index (χ0v) is 16.0. The number of carbonyl (C=O) groups is 1. The molecule has 1 saturated heterocycles. The van der Waals surface area contributed by atoms with Crippen molar-refractivity contribution in [3.05, 3.63) is 52.1 Å². The van der Waals surface area contributed by atoms with E-state index in [0.717, 1.165) is 0 Å². The van der Waals surface area contributed by atoms with E-state index in [1.807, 2.05) is 0 Å². The lowest BCUT2D eigenvalue weighted by atomic mass is 10.2. The Morgan fingerprint density at radius 1 is 1.04 bits per heavy atom. The summed E-state index contributed by atoms with van der Waals surface area (Å²) in [6.45, 7) is 1.56. The fourth-order valence-corrected chi connectivity index (χ4v) is 4.06. The highest BCUT2D eigenvalue weighted by atomic mass is 35.5. The van der Waals surface area contributed by atoms with Gasteiger partial charge in [-0.3, -0.25) is 4.79 Å². The van der Waals surface area contributed by atoms with Crippen molar-refractivity contribution in [3.8, 4) is 0 Å². The number of piperazine rings is 1. The van der Waals surface area contributed by atoms with E-state index < -0.39 is 12.0 Å². The predicted octanol–water partition coefficient (Wildman–Crippen LogP) is 4.33. The smallest absolute Gasteiger partial charge is 0.352 e. The van der Waals surface area contributed by atoms with Gasteiger partial charge in [-0.2, -0.15) is 13.2 Å². The lowest BCUT2D eigenvalue weighted by Crippen LogP contribution is -2.49. The van der Waals surface area contributed by atoms with E-state index in [1.54, 1.807) is 45.5 Å². The van der Waals surface area contributed by atoms with Crippen molar-refractivity contribution >= 4 is 44.9 Å². The standard InChI is InChI=1S/C18H14ClF3N4OS/c19-12-3-1-11(2-4-12)16(27)26-8-6-25(7-9-26)15-14-13(5-10-28-14)23-17(24-15)18(20,21)22/h1-5,10H,6-9H2. The van der Waals surface area contributed by atoms with Crippen LogP contribution in [-0.4, -0.2) is 47.0 Å². The fourth-order valence-electron chi connectivity index (χ4n) is 3.09. The van der Waals surface area contributed by atoms with E-state index in [-0.39, 0.29) is 17.2 Å². The maximum absolute atomic E-state index is 13.2. The van der Waals surface area contributed by atoms with Crippen LogP contribution in [0.3, 0.4) is 0 Å². The molecule has 10 heteroatoms. The highest BCUT2D eigenvalue weighted by Crippen LogP contribution is 2.34. The molecule has 2 aromatic heterocycles. The topological polar surface area (TPSA) is 49.3 Å². The number of hydrogen-bond acceptors (Lipinski definition) is 5. The van der Waals surface area contributed by atoms with E-state index in [1.165, 1.54) is 11.3 Å². The number of thiophene rings is 1. The highest BCUT2D eigenvalue weighted by molar-refractivity contribution is 7.17. The molecule has 3 heterocycles. The average molecular weight is 427 g/mol. The third-order valence-electron chi connectivity index (χ3n) is 4.50. The molecule has 1 fully saturated rings. The quantitative estimate of drug-likeness (QED) is 0.612. The minimum absolute atomic E-state index is 0.128. The second-order valence-electron chi connectivity index (χ2n) is 6.29. The fraction of sp³-hybridized carbons (Fsp3) is 0.278. The normalized spacial score (nSPS) is 15.3. The van der Waals surface area contributed by atoms with Gasteiger partial charge >= 0.3 is 6.18 Å². The van der Waals surface area contributed by atoms with Gasteiger partial charge in [0.25, 0.3) is 5.91 Å². The molecule has 1 aliphatic heterocycles. The molecule has 0 aliphatic carbocycles. The molecule has 1 amide bonds. The van der Waals surface area contributed by atoms with Gasteiger partial charge in [0.05, 0.1) is 10.2 Å². The summed E-state index contributed by atoms with van der Waals surface area (Å²) in [7, 11) is 0. The molecular weight excluding hydrogens is 413 g/mol. The molecule has 3 aromatic rings. The number of hydrogen-bond donors (Lipinski definition) is 0. The molecule has 0 saturated carbocycles. The van der Waals surface area contributed by atoms with E-state index in [9.17, 15) is 18.0 Å². The van der Waals surface area contributed by atoms with Crippen molar-refractivity contribution in [3.63, 3.8) is 0 Å². The molecular formula is C18H14ClF3N4OS. The number of nitrogens with zero attached hydrogens (tertiary/aromatic N) is 4. The van der Waals surface area contributed by atoms with Crippen molar-refractivity contribution in [2.24, 2.45) is 0 Å². The number of halogens is 4. The number of fused-ring (bicyclic) bond motifs is 1. The van der Waals surface area contributed by atoms with Crippen molar-refractivity contribution in [1.29, 1.82) is 0 Å². The van der Waals surface area contributed by atoms with Crippen molar-refractivity contribution in [2.45, 2.75) is 6.18 Å². The zero-order valence-electron chi connectivity index (χ0n) is 14.4. The molecule has 5 nitrogen and oxygen atoms in total. The SMILES string of the molecule is O=C(c1ccc(Cl)cc1)N1CCN(c2nc(C(F)(F)F)nc3ccsc23)CC1. The van der Waals surface area contributed by atoms with Crippen LogP contribution >= 0.6 is 22.9 Å². The second-order valence-corrected chi connectivity index (χ2v) is 7.64. The first-order valence-electron chi connectivity index (χ1n) is 8.45. The van der Waals surface area contributed by atoms with Gasteiger partial charge < -0.3 is 9.80 Å². The number of amides is 1. The highest BCUT2D eigenvalue weighted by Gasteiger charge is 2.36. The van der Waals surface area contributed by atoms with Gasteiger partial charge in [0.1, 0.15) is 0 Å². The third-order valence-corrected chi connectivity index (χ3v) is 5.65. The summed E-state index contributed by atoms with van der Waals surface area (Å²) < 4.78 is 40.1. The van der Waals surface area contributed by atoms with Gasteiger partial charge in [-0.15, -0.1) is 11.3 Å². The summed E-state index contributed by atoms with van der Waals surface area (Å²) >= 11 is 7.15. The maximum atomic E-state index is 13.2. The summed E-state index contributed by atoms with van der Waals surface area (Å²) in [5.41, 5.74) is 0.807. The average Bonchev–Trinajstić information content (AvgIpc) is 3.15. The number of rotatable bonds is 2. The van der Waals surface area contributed by atoms with Crippen LogP contribution in [0, 0.1) is 0 Å². The second kappa shape index (κ2) is 7.21. The number of anilines is 1. The third kappa shape index (κ3) is 3.64. The van der Waals surface area contributed by atoms with E-state index in [2.05, 4.69) is 9.97 Å². The minimum Gasteiger partial charge on any atom is -0.352 e. The van der Waals surface area contributed by atoms with Crippen LogP contribution in [0.5, 0.6) is 0 Å². The molecule has 4 rings (SSSR count). The van der Waals surface area contributed by atoms with Crippen molar-refractivity contribution in [1.82, 2.24) is 14.9 Å². The first kappa shape index (κ1) is 18.9. The first-order chi connectivity index (χ1) is 13.3. The van der Waals surface area contributed by atoms with Crippen LogP contribution < -0.4 is 4.90 Å². The first-order valence-corrected chi connectivity index (χ1v) is 9.71. The van der Waals surface area contributed by atoms with Gasteiger partial charge in [0, 0.05) is 36.8 Å². The van der Waals surface area contributed by atoms with Crippen LogP contribution in [0.1, 0.15) is 16.2 Å². The van der Waals surface area contributed by atoms with Crippen LogP contribution in [-0.2, 0) is 6.18 Å². The lowest BCUT2D eigenvalue weighted by molar-refractivity contribution is -0.144. The Morgan fingerprint density at radius 2 is 1.71 bits per heavy atom. The zero-order chi connectivity index (χ0) is 19.9. The van der Waals surface area contributed by atoms with Crippen LogP contribution in [0.15, 0.2) is 35.7 Å². The molecule has 0 unspecified atom stereocenters. The largest absolute Gasteiger partial charge is 0.451 e. The summed E-state index contributed by atoms with van der Waals surface area (Å²) in [4.78, 5) is 23.5. The summed E-state index contributed by atoms with van der Waals surface area (Å²) in [5, 5.41) is 2.24. The van der Waals surface area contributed by atoms with Crippen LogP contribution in [0.2, 0.25) is 5.02 Å². The van der Waals surface area contributed by atoms with Gasteiger partial charge in [-0.25, -0.2) is 9.97 Å². The van der Waals surface area contributed by atoms with Gasteiger partial charge in [0.15, 0.2) is 5.82 Å². The van der Waals surface area contributed by atoms with E-state index in [0.29, 0.717) is 41.5 Å². The van der Waals surface area contributed by atoms with Crippen molar-refractivity contribution in [2.75, 3.05) is 31.1 Å². The molecule has 0 spiro atoms. The lowest BCUT2D eigenvalue weighted by Gasteiger charge is -2.35. The molecule has 0 radical (unpaired) electrons. The molecule has 28 heavy (non-hydrogen) atoms. The van der Waals surface area contributed by atoms with Crippen molar-refractivity contribution < 1.29 is 18.0 Å². The Morgan fingerprint density at radius 3 is 2.36 bits per heavy atom. The predicted molar refractivity (Wildman–Crippen MR) is 102 cm³/mol. The van der Waals surface area contributed by atoms with E-state index >= 15 is 0 Å². The Balaban J connectivity index is 1.54. The molecule has 0 bridgehead atoms.